The highest BCUT2D eigenvalue weighted by Gasteiger charge is 2.21. The molecule has 0 spiro atoms. The van der Waals surface area contributed by atoms with Gasteiger partial charge in [-0.15, -0.1) is 0 Å². The third-order valence-electron chi connectivity index (χ3n) is 4.19. The molecule has 0 aliphatic carbocycles. The number of nitrogens with zero attached hydrogens (tertiary/aromatic N) is 1. The van der Waals surface area contributed by atoms with E-state index < -0.39 is 0 Å². The zero-order valence-electron chi connectivity index (χ0n) is 15.2. The maximum Gasteiger partial charge on any atom is 0.255 e. The van der Waals surface area contributed by atoms with E-state index in [2.05, 4.69) is 28.2 Å². The molecule has 0 radical (unpaired) electrons. The zero-order valence-corrected chi connectivity index (χ0v) is 16.8. The van der Waals surface area contributed by atoms with Crippen LogP contribution in [0.2, 0.25) is 0 Å². The molecule has 1 unspecified atom stereocenters. The second-order valence-electron chi connectivity index (χ2n) is 6.90. The van der Waals surface area contributed by atoms with Gasteiger partial charge < -0.3 is 15.0 Å². The molecule has 1 aromatic carbocycles. The van der Waals surface area contributed by atoms with Crippen LogP contribution in [0.15, 0.2) is 22.7 Å². The largest absolute Gasteiger partial charge is 0.490 e. The van der Waals surface area contributed by atoms with Gasteiger partial charge >= 0.3 is 0 Å². The fourth-order valence-corrected chi connectivity index (χ4v) is 3.33. The van der Waals surface area contributed by atoms with Gasteiger partial charge in [0.2, 0.25) is 5.91 Å². The molecule has 5 nitrogen and oxygen atoms in total. The molecule has 1 aromatic rings. The van der Waals surface area contributed by atoms with E-state index in [-0.39, 0.29) is 17.9 Å². The first-order valence-electron chi connectivity index (χ1n) is 8.89. The maximum atomic E-state index is 12.4. The summed E-state index contributed by atoms with van der Waals surface area (Å²) < 4.78 is 6.57. The standard InChI is InChI=1S/C19H27BrN2O3/c1-13(2)25-17-11-15(20)6-7-16(17)19(24)21-9-8-18(23)22-10-4-5-14(3)12-22/h6-7,11,13-14H,4-5,8-10,12H2,1-3H3,(H,21,24). The van der Waals surface area contributed by atoms with Crippen molar-refractivity contribution in [1.82, 2.24) is 10.2 Å². The number of hydrogen-bond donors (Lipinski definition) is 1. The number of carbonyl (C=O) groups excluding carboxylic acids is 2. The van der Waals surface area contributed by atoms with Crippen LogP contribution < -0.4 is 10.1 Å². The lowest BCUT2D eigenvalue weighted by Crippen LogP contribution is -2.40. The van der Waals surface area contributed by atoms with E-state index in [1.807, 2.05) is 24.8 Å². The molecule has 1 aliphatic heterocycles. The number of likely N-dealkylation sites (tertiary alicyclic amines) is 1. The number of halogens is 1. The average Bonchev–Trinajstić information content (AvgIpc) is 2.54. The highest BCUT2D eigenvalue weighted by molar-refractivity contribution is 9.10. The summed E-state index contributed by atoms with van der Waals surface area (Å²) in [6, 6.07) is 5.32. The molecule has 25 heavy (non-hydrogen) atoms. The molecule has 1 aliphatic rings. The topological polar surface area (TPSA) is 58.6 Å². The van der Waals surface area contributed by atoms with Gasteiger partial charge in [-0.3, -0.25) is 9.59 Å². The van der Waals surface area contributed by atoms with Gasteiger partial charge in [-0.2, -0.15) is 0 Å². The Morgan fingerprint density at radius 1 is 1.40 bits per heavy atom. The van der Waals surface area contributed by atoms with Crippen LogP contribution in [0.4, 0.5) is 0 Å². The van der Waals surface area contributed by atoms with E-state index in [0.717, 1.165) is 24.0 Å². The molecule has 0 bridgehead atoms. The lowest BCUT2D eigenvalue weighted by molar-refractivity contribution is -0.132. The van der Waals surface area contributed by atoms with Gasteiger partial charge in [0.15, 0.2) is 0 Å². The Morgan fingerprint density at radius 3 is 2.84 bits per heavy atom. The molecular weight excluding hydrogens is 384 g/mol. The molecule has 1 N–H and O–H groups in total. The molecule has 0 aromatic heterocycles. The second kappa shape index (κ2) is 9.22. The van der Waals surface area contributed by atoms with Crippen LogP contribution in [-0.2, 0) is 4.79 Å². The third kappa shape index (κ3) is 6.03. The van der Waals surface area contributed by atoms with Crippen molar-refractivity contribution in [3.05, 3.63) is 28.2 Å². The van der Waals surface area contributed by atoms with Gasteiger partial charge in [0, 0.05) is 30.5 Å². The van der Waals surface area contributed by atoms with Gasteiger partial charge in [0.1, 0.15) is 5.75 Å². The van der Waals surface area contributed by atoms with Crippen LogP contribution in [0.25, 0.3) is 0 Å². The highest BCUT2D eigenvalue weighted by Crippen LogP contribution is 2.25. The molecule has 1 saturated heterocycles. The second-order valence-corrected chi connectivity index (χ2v) is 7.82. The number of amides is 2. The highest BCUT2D eigenvalue weighted by atomic mass is 79.9. The number of hydrogen-bond acceptors (Lipinski definition) is 3. The number of ether oxygens (including phenoxy) is 1. The van der Waals surface area contributed by atoms with Gasteiger partial charge in [0.25, 0.3) is 5.91 Å². The molecule has 2 amide bonds. The van der Waals surface area contributed by atoms with Crippen LogP contribution in [0.5, 0.6) is 5.75 Å². The lowest BCUT2D eigenvalue weighted by Gasteiger charge is -2.31. The minimum atomic E-state index is -0.219. The van der Waals surface area contributed by atoms with Crippen molar-refractivity contribution in [2.75, 3.05) is 19.6 Å². The van der Waals surface area contributed by atoms with Crippen molar-refractivity contribution in [2.24, 2.45) is 5.92 Å². The van der Waals surface area contributed by atoms with Crippen molar-refractivity contribution >= 4 is 27.7 Å². The van der Waals surface area contributed by atoms with E-state index >= 15 is 0 Å². The Balaban J connectivity index is 1.89. The van der Waals surface area contributed by atoms with Gasteiger partial charge in [-0.25, -0.2) is 0 Å². The van der Waals surface area contributed by atoms with Crippen molar-refractivity contribution in [1.29, 1.82) is 0 Å². The summed E-state index contributed by atoms with van der Waals surface area (Å²) in [4.78, 5) is 26.6. The lowest BCUT2D eigenvalue weighted by atomic mass is 10.00. The summed E-state index contributed by atoms with van der Waals surface area (Å²) in [5, 5.41) is 2.83. The summed E-state index contributed by atoms with van der Waals surface area (Å²) in [5.74, 6) is 0.994. The van der Waals surface area contributed by atoms with Crippen LogP contribution in [-0.4, -0.2) is 42.5 Å². The minimum Gasteiger partial charge on any atom is -0.490 e. The Hall–Kier alpha value is -1.56. The monoisotopic (exact) mass is 410 g/mol. The van der Waals surface area contributed by atoms with E-state index in [4.69, 9.17) is 4.74 Å². The molecule has 1 fully saturated rings. The fraction of sp³-hybridized carbons (Fsp3) is 0.579. The Bertz CT molecular complexity index is 619. The van der Waals surface area contributed by atoms with Crippen LogP contribution in [0.3, 0.4) is 0 Å². The number of benzene rings is 1. The van der Waals surface area contributed by atoms with E-state index in [9.17, 15) is 9.59 Å². The van der Waals surface area contributed by atoms with E-state index in [1.54, 1.807) is 12.1 Å². The van der Waals surface area contributed by atoms with Crippen molar-refractivity contribution in [2.45, 2.75) is 46.1 Å². The smallest absolute Gasteiger partial charge is 0.255 e. The summed E-state index contributed by atoms with van der Waals surface area (Å²) in [6.07, 6.45) is 2.55. The molecule has 0 saturated carbocycles. The quantitative estimate of drug-likeness (QED) is 0.778. The van der Waals surface area contributed by atoms with Crippen LogP contribution in [0, 0.1) is 5.92 Å². The summed E-state index contributed by atoms with van der Waals surface area (Å²) in [5.41, 5.74) is 0.482. The normalized spacial score (nSPS) is 17.5. The van der Waals surface area contributed by atoms with Crippen molar-refractivity contribution in [3.8, 4) is 5.75 Å². The van der Waals surface area contributed by atoms with Crippen molar-refractivity contribution in [3.63, 3.8) is 0 Å². The zero-order chi connectivity index (χ0) is 18.4. The summed E-state index contributed by atoms with van der Waals surface area (Å²) >= 11 is 3.39. The molecule has 6 heteroatoms. The third-order valence-corrected chi connectivity index (χ3v) is 4.68. The Morgan fingerprint density at radius 2 is 2.16 bits per heavy atom. The fourth-order valence-electron chi connectivity index (χ4n) is 2.99. The predicted octanol–water partition coefficient (Wildman–Crippen LogP) is 3.61. The summed E-state index contributed by atoms with van der Waals surface area (Å²) in [6.45, 7) is 7.99. The first-order chi connectivity index (χ1) is 11.9. The molecule has 2 rings (SSSR count). The van der Waals surface area contributed by atoms with Crippen molar-refractivity contribution < 1.29 is 14.3 Å². The Kier molecular flexibility index (Phi) is 7.29. The SMILES string of the molecule is CC1CCCN(C(=O)CCNC(=O)c2ccc(Br)cc2OC(C)C)C1. The van der Waals surface area contributed by atoms with Gasteiger partial charge in [-0.1, -0.05) is 22.9 Å². The molecule has 1 heterocycles. The van der Waals surface area contributed by atoms with Gasteiger partial charge in [-0.05, 0) is 50.8 Å². The number of carbonyl (C=O) groups is 2. The van der Waals surface area contributed by atoms with E-state index in [0.29, 0.717) is 30.2 Å². The number of piperidine rings is 1. The molecule has 1 atom stereocenters. The molecular formula is C19H27BrN2O3. The Labute approximate surface area is 158 Å². The average molecular weight is 411 g/mol. The predicted molar refractivity (Wildman–Crippen MR) is 102 cm³/mol. The van der Waals surface area contributed by atoms with Crippen LogP contribution in [0.1, 0.15) is 50.4 Å². The first kappa shape index (κ1) is 19.8. The maximum absolute atomic E-state index is 12.4. The van der Waals surface area contributed by atoms with Gasteiger partial charge in [0.05, 0.1) is 11.7 Å². The first-order valence-corrected chi connectivity index (χ1v) is 9.68. The van der Waals surface area contributed by atoms with Crippen LogP contribution >= 0.6 is 15.9 Å². The van der Waals surface area contributed by atoms with E-state index in [1.165, 1.54) is 6.42 Å². The number of nitrogens with one attached hydrogen (secondary N) is 1. The summed E-state index contributed by atoms with van der Waals surface area (Å²) in [7, 11) is 0. The molecule has 138 valence electrons. The number of rotatable bonds is 6. The minimum absolute atomic E-state index is 0.0245.